The Morgan fingerprint density at radius 1 is 1.17 bits per heavy atom. The predicted molar refractivity (Wildman–Crippen MR) is 87.1 cm³/mol. The maximum absolute atomic E-state index is 12.3. The Morgan fingerprint density at radius 3 is 2.58 bits per heavy atom. The molecule has 1 saturated heterocycles. The first-order valence-corrected chi connectivity index (χ1v) is 8.74. The lowest BCUT2D eigenvalue weighted by Crippen LogP contribution is -2.51. The van der Waals surface area contributed by atoms with Crippen LogP contribution in [0, 0.1) is 0 Å². The first-order valence-electron chi connectivity index (χ1n) is 7.93. The third-order valence-corrected chi connectivity index (χ3v) is 5.17. The smallest absolute Gasteiger partial charge is 0.323 e. The van der Waals surface area contributed by atoms with Crippen LogP contribution >= 0.6 is 11.3 Å². The van der Waals surface area contributed by atoms with E-state index in [1.165, 1.54) is 17.6 Å². The van der Waals surface area contributed by atoms with Gasteiger partial charge in [-0.25, -0.2) is 4.79 Å². The summed E-state index contributed by atoms with van der Waals surface area (Å²) in [6.45, 7) is 1.92. The summed E-state index contributed by atoms with van der Waals surface area (Å²) >= 11 is 1.44. The maximum atomic E-state index is 12.3. The number of furan rings is 1. The molecule has 2 aliphatic rings. The van der Waals surface area contributed by atoms with Gasteiger partial charge in [0.2, 0.25) is 5.13 Å². The average Bonchev–Trinajstić information content (AvgIpc) is 3.11. The minimum absolute atomic E-state index is 0.141. The van der Waals surface area contributed by atoms with Crippen molar-refractivity contribution in [2.75, 3.05) is 31.5 Å². The van der Waals surface area contributed by atoms with Crippen molar-refractivity contribution < 1.29 is 14.0 Å². The van der Waals surface area contributed by atoms with Crippen molar-refractivity contribution in [3.8, 4) is 0 Å². The van der Waals surface area contributed by atoms with Crippen LogP contribution in [0.5, 0.6) is 0 Å². The Bertz CT molecular complexity index is 732. The number of anilines is 1. The molecular weight excluding hydrogens is 330 g/mol. The highest BCUT2D eigenvalue weighted by molar-refractivity contribution is 7.15. The van der Waals surface area contributed by atoms with Gasteiger partial charge in [0.15, 0.2) is 5.76 Å². The number of hydrogen-bond donors (Lipinski definition) is 1. The Morgan fingerprint density at radius 2 is 1.92 bits per heavy atom. The lowest BCUT2D eigenvalue weighted by molar-refractivity contribution is 0.0640. The van der Waals surface area contributed by atoms with E-state index < -0.39 is 0 Å². The molecule has 1 saturated carbocycles. The fraction of sp³-hybridized carbons (Fsp3) is 0.467. The van der Waals surface area contributed by atoms with Crippen molar-refractivity contribution in [2.45, 2.75) is 18.8 Å². The topological polar surface area (TPSA) is 91.6 Å². The SMILES string of the molecule is O=C(Nc1nnc(C2CC2)s1)N1CCN(C(=O)c2ccco2)CC1. The summed E-state index contributed by atoms with van der Waals surface area (Å²) in [5.74, 6) is 0.719. The molecular formula is C15H17N5O3S. The van der Waals surface area contributed by atoms with Gasteiger partial charge in [-0.05, 0) is 25.0 Å². The van der Waals surface area contributed by atoms with Gasteiger partial charge in [-0.1, -0.05) is 11.3 Å². The zero-order valence-corrected chi connectivity index (χ0v) is 13.8. The molecule has 126 valence electrons. The minimum Gasteiger partial charge on any atom is -0.459 e. The summed E-state index contributed by atoms with van der Waals surface area (Å²) in [5.41, 5.74) is 0. The van der Waals surface area contributed by atoms with Crippen molar-refractivity contribution in [3.63, 3.8) is 0 Å². The molecule has 0 spiro atoms. The zero-order valence-electron chi connectivity index (χ0n) is 13.0. The van der Waals surface area contributed by atoms with E-state index in [2.05, 4.69) is 15.5 Å². The summed E-state index contributed by atoms with van der Waals surface area (Å²) in [6.07, 6.45) is 3.80. The molecule has 1 N–H and O–H groups in total. The van der Waals surface area contributed by atoms with Gasteiger partial charge in [0.05, 0.1) is 6.26 Å². The number of amides is 3. The standard InChI is InChI=1S/C15H17N5O3S/c21-13(11-2-1-9-23-11)19-5-7-20(8-6-19)15(22)16-14-18-17-12(24-14)10-3-4-10/h1-2,9-10H,3-8H2,(H,16,18,22). The molecule has 24 heavy (non-hydrogen) atoms. The van der Waals surface area contributed by atoms with E-state index in [0.717, 1.165) is 17.8 Å². The third-order valence-electron chi connectivity index (χ3n) is 4.17. The molecule has 8 nitrogen and oxygen atoms in total. The van der Waals surface area contributed by atoms with Gasteiger partial charge in [-0.2, -0.15) is 0 Å². The van der Waals surface area contributed by atoms with Crippen LogP contribution in [0.4, 0.5) is 9.93 Å². The molecule has 1 aliphatic carbocycles. The Kier molecular flexibility index (Phi) is 3.93. The van der Waals surface area contributed by atoms with Crippen molar-refractivity contribution in [1.82, 2.24) is 20.0 Å². The monoisotopic (exact) mass is 347 g/mol. The number of carbonyl (C=O) groups is 2. The second-order valence-corrected chi connectivity index (χ2v) is 6.92. The number of piperazine rings is 1. The lowest BCUT2D eigenvalue weighted by Gasteiger charge is -2.34. The summed E-state index contributed by atoms with van der Waals surface area (Å²) in [5, 5.41) is 12.5. The van der Waals surface area contributed by atoms with Crippen molar-refractivity contribution in [1.29, 1.82) is 0 Å². The molecule has 2 aromatic rings. The van der Waals surface area contributed by atoms with Gasteiger partial charge in [-0.15, -0.1) is 10.2 Å². The molecule has 3 heterocycles. The fourth-order valence-electron chi connectivity index (χ4n) is 2.62. The highest BCUT2D eigenvalue weighted by atomic mass is 32.1. The van der Waals surface area contributed by atoms with Crippen LogP contribution in [0.3, 0.4) is 0 Å². The van der Waals surface area contributed by atoms with Crippen molar-refractivity contribution in [2.24, 2.45) is 0 Å². The van der Waals surface area contributed by atoms with Gasteiger partial charge in [0.25, 0.3) is 5.91 Å². The molecule has 4 rings (SSSR count). The number of carbonyl (C=O) groups excluding carboxylic acids is 2. The van der Waals surface area contributed by atoms with Gasteiger partial charge >= 0.3 is 6.03 Å². The van der Waals surface area contributed by atoms with Crippen molar-refractivity contribution in [3.05, 3.63) is 29.2 Å². The van der Waals surface area contributed by atoms with E-state index in [1.54, 1.807) is 21.9 Å². The molecule has 0 bridgehead atoms. The minimum atomic E-state index is -0.196. The maximum Gasteiger partial charge on any atom is 0.323 e. The Labute approximate surface area is 142 Å². The van der Waals surface area contributed by atoms with Gasteiger partial charge in [0.1, 0.15) is 5.01 Å². The highest BCUT2D eigenvalue weighted by Crippen LogP contribution is 2.42. The zero-order chi connectivity index (χ0) is 16.5. The lowest BCUT2D eigenvalue weighted by atomic mass is 10.3. The number of hydrogen-bond acceptors (Lipinski definition) is 6. The van der Waals surface area contributed by atoms with Crippen LogP contribution in [0.2, 0.25) is 0 Å². The van der Waals surface area contributed by atoms with E-state index in [9.17, 15) is 9.59 Å². The second-order valence-electron chi connectivity index (χ2n) is 5.91. The molecule has 0 radical (unpaired) electrons. The normalized spacial score (nSPS) is 17.8. The summed E-state index contributed by atoms with van der Waals surface area (Å²) in [7, 11) is 0. The van der Waals surface area contributed by atoms with Gasteiger partial charge in [-0.3, -0.25) is 10.1 Å². The molecule has 0 unspecified atom stereocenters. The summed E-state index contributed by atoms with van der Waals surface area (Å²) in [4.78, 5) is 27.9. The first-order chi connectivity index (χ1) is 11.7. The second kappa shape index (κ2) is 6.23. The molecule has 1 aliphatic heterocycles. The van der Waals surface area contributed by atoms with Crippen LogP contribution in [0.15, 0.2) is 22.8 Å². The molecule has 3 amide bonds. The largest absolute Gasteiger partial charge is 0.459 e. The van der Waals surface area contributed by atoms with E-state index in [1.807, 2.05) is 0 Å². The number of rotatable bonds is 3. The number of nitrogens with one attached hydrogen (secondary N) is 1. The Balaban J connectivity index is 1.30. The van der Waals surface area contributed by atoms with Crippen LogP contribution in [-0.4, -0.2) is 58.1 Å². The van der Waals surface area contributed by atoms with Crippen molar-refractivity contribution >= 4 is 28.4 Å². The first kappa shape index (κ1) is 15.1. The quantitative estimate of drug-likeness (QED) is 0.917. The van der Waals surface area contributed by atoms with Crippen LogP contribution < -0.4 is 5.32 Å². The summed E-state index contributed by atoms with van der Waals surface area (Å²) in [6, 6.07) is 3.14. The average molecular weight is 347 g/mol. The number of aromatic nitrogens is 2. The van der Waals surface area contributed by atoms with E-state index in [-0.39, 0.29) is 11.9 Å². The predicted octanol–water partition coefficient (Wildman–Crippen LogP) is 2.00. The molecule has 2 aromatic heterocycles. The number of nitrogens with zero attached hydrogens (tertiary/aromatic N) is 4. The van der Waals surface area contributed by atoms with Gasteiger partial charge < -0.3 is 14.2 Å². The molecule has 0 atom stereocenters. The number of urea groups is 1. The fourth-order valence-corrected chi connectivity index (χ4v) is 3.52. The van der Waals surface area contributed by atoms with E-state index >= 15 is 0 Å². The molecule has 2 fully saturated rings. The van der Waals surface area contributed by atoms with Crippen LogP contribution in [0.1, 0.15) is 34.3 Å². The van der Waals surface area contributed by atoms with Crippen LogP contribution in [-0.2, 0) is 0 Å². The molecule has 9 heteroatoms. The van der Waals surface area contributed by atoms with Gasteiger partial charge in [0, 0.05) is 32.1 Å². The summed E-state index contributed by atoms with van der Waals surface area (Å²) < 4.78 is 5.13. The van der Waals surface area contributed by atoms with E-state index in [0.29, 0.717) is 43.0 Å². The molecule has 0 aromatic carbocycles. The van der Waals surface area contributed by atoms with E-state index in [4.69, 9.17) is 4.42 Å². The van der Waals surface area contributed by atoms with Crippen LogP contribution in [0.25, 0.3) is 0 Å². The highest BCUT2D eigenvalue weighted by Gasteiger charge is 2.29. The Hall–Kier alpha value is -2.42. The third kappa shape index (κ3) is 3.12.